The number of benzene rings is 1. The number of guanidine groups is 1. The third-order valence-corrected chi connectivity index (χ3v) is 4.90. The molecule has 1 aromatic carbocycles. The Kier molecular flexibility index (Phi) is 10.4. The van der Waals surface area contributed by atoms with Crippen LogP contribution in [0.4, 0.5) is 4.39 Å². The van der Waals surface area contributed by atoms with Gasteiger partial charge in [-0.1, -0.05) is 15.9 Å². The zero-order valence-corrected chi connectivity index (χ0v) is 19.1. The van der Waals surface area contributed by atoms with Gasteiger partial charge in [-0.25, -0.2) is 9.38 Å². The molecular weight excluding hydrogens is 514 g/mol. The summed E-state index contributed by atoms with van der Waals surface area (Å²) >= 11 is 3.37. The van der Waals surface area contributed by atoms with Gasteiger partial charge in [-0.2, -0.15) is 0 Å². The van der Waals surface area contributed by atoms with E-state index in [1.807, 2.05) is 6.92 Å². The largest absolute Gasteiger partial charge is 0.359 e. The normalized spacial score (nSPS) is 15.4. The maximum Gasteiger partial charge on any atom is 0.220 e. The van der Waals surface area contributed by atoms with Crippen molar-refractivity contribution in [1.29, 1.82) is 0 Å². The van der Waals surface area contributed by atoms with Crippen LogP contribution in [0.1, 0.15) is 31.7 Å². The third-order valence-electron chi connectivity index (χ3n) is 4.41. The van der Waals surface area contributed by atoms with Gasteiger partial charge in [-0.15, -0.1) is 24.0 Å². The first-order valence-corrected chi connectivity index (χ1v) is 9.50. The first-order valence-electron chi connectivity index (χ1n) is 8.71. The maximum atomic E-state index is 13.9. The molecule has 0 atom stereocenters. The summed E-state index contributed by atoms with van der Waals surface area (Å²) in [5, 5.41) is 5.97. The molecule has 2 rings (SSSR count). The SMILES string of the molecule is CCNC(=NCc1cc(Br)ccc1F)N1CCC(CC(=O)NC)CC1.I. The van der Waals surface area contributed by atoms with Crippen LogP contribution in [0.15, 0.2) is 27.7 Å². The number of aliphatic imine (C=N–C) groups is 1. The lowest BCUT2D eigenvalue weighted by molar-refractivity contribution is -0.121. The average Bonchev–Trinajstić information content (AvgIpc) is 2.62. The third kappa shape index (κ3) is 7.02. The highest BCUT2D eigenvalue weighted by Crippen LogP contribution is 2.21. The van der Waals surface area contributed by atoms with E-state index >= 15 is 0 Å². The van der Waals surface area contributed by atoms with E-state index in [-0.39, 0.29) is 35.7 Å². The molecule has 0 bridgehead atoms. The highest BCUT2D eigenvalue weighted by atomic mass is 127. The average molecular weight is 541 g/mol. The highest BCUT2D eigenvalue weighted by Gasteiger charge is 2.23. The van der Waals surface area contributed by atoms with Crippen LogP contribution in [0.2, 0.25) is 0 Å². The molecule has 26 heavy (non-hydrogen) atoms. The Morgan fingerprint density at radius 2 is 2.08 bits per heavy atom. The van der Waals surface area contributed by atoms with Gasteiger partial charge in [-0.3, -0.25) is 4.79 Å². The monoisotopic (exact) mass is 540 g/mol. The number of nitrogens with zero attached hydrogens (tertiary/aromatic N) is 2. The van der Waals surface area contributed by atoms with E-state index in [4.69, 9.17) is 0 Å². The second-order valence-electron chi connectivity index (χ2n) is 6.21. The molecule has 1 amide bonds. The van der Waals surface area contributed by atoms with Gasteiger partial charge in [0, 0.05) is 43.1 Å². The molecule has 0 aliphatic carbocycles. The second kappa shape index (κ2) is 11.7. The Bertz CT molecular complexity index is 621. The van der Waals surface area contributed by atoms with Crippen molar-refractivity contribution in [2.45, 2.75) is 32.7 Å². The van der Waals surface area contributed by atoms with Gasteiger partial charge in [0.2, 0.25) is 5.91 Å². The van der Waals surface area contributed by atoms with Crippen molar-refractivity contribution in [1.82, 2.24) is 15.5 Å². The lowest BCUT2D eigenvalue weighted by atomic mass is 9.93. The van der Waals surface area contributed by atoms with Gasteiger partial charge in [0.05, 0.1) is 6.54 Å². The molecule has 1 fully saturated rings. The van der Waals surface area contributed by atoms with Crippen molar-refractivity contribution in [2.24, 2.45) is 10.9 Å². The Labute approximate surface area is 180 Å². The van der Waals surface area contributed by atoms with Crippen molar-refractivity contribution in [3.63, 3.8) is 0 Å². The number of halogens is 3. The van der Waals surface area contributed by atoms with Crippen LogP contribution in [0, 0.1) is 11.7 Å². The first-order chi connectivity index (χ1) is 12.0. The number of likely N-dealkylation sites (tertiary alicyclic amines) is 1. The molecule has 1 aliphatic rings. The van der Waals surface area contributed by atoms with Crippen LogP contribution in [-0.4, -0.2) is 43.4 Å². The van der Waals surface area contributed by atoms with Crippen LogP contribution in [0.3, 0.4) is 0 Å². The molecule has 0 aromatic heterocycles. The van der Waals surface area contributed by atoms with Gasteiger partial charge in [0.15, 0.2) is 5.96 Å². The fourth-order valence-electron chi connectivity index (χ4n) is 2.96. The first kappa shape index (κ1) is 23.1. The van der Waals surface area contributed by atoms with E-state index in [0.717, 1.165) is 42.9 Å². The van der Waals surface area contributed by atoms with Crippen LogP contribution in [-0.2, 0) is 11.3 Å². The summed E-state index contributed by atoms with van der Waals surface area (Å²) in [6.07, 6.45) is 2.51. The summed E-state index contributed by atoms with van der Waals surface area (Å²) in [5.74, 6) is 1.08. The zero-order valence-electron chi connectivity index (χ0n) is 15.2. The van der Waals surface area contributed by atoms with E-state index in [2.05, 4.69) is 36.5 Å². The Balaban J connectivity index is 0.00000338. The zero-order chi connectivity index (χ0) is 18.2. The Morgan fingerprint density at radius 1 is 1.38 bits per heavy atom. The molecule has 0 saturated carbocycles. The summed E-state index contributed by atoms with van der Waals surface area (Å²) in [6.45, 7) is 4.79. The Morgan fingerprint density at radius 3 is 2.69 bits per heavy atom. The van der Waals surface area contributed by atoms with E-state index in [0.29, 0.717) is 24.4 Å². The van der Waals surface area contributed by atoms with E-state index < -0.39 is 0 Å². The topological polar surface area (TPSA) is 56.7 Å². The minimum atomic E-state index is -0.243. The van der Waals surface area contributed by atoms with Crippen molar-refractivity contribution in [3.8, 4) is 0 Å². The van der Waals surface area contributed by atoms with Crippen molar-refractivity contribution in [2.75, 3.05) is 26.7 Å². The fraction of sp³-hybridized carbons (Fsp3) is 0.556. The van der Waals surface area contributed by atoms with Crippen molar-refractivity contribution in [3.05, 3.63) is 34.1 Å². The standard InChI is InChI=1S/C18H26BrFN4O.HI/c1-3-22-18(23-12-14-11-15(19)4-5-16(14)20)24-8-6-13(7-9-24)10-17(25)21-2;/h4-5,11,13H,3,6-10,12H2,1-2H3,(H,21,25)(H,22,23);1H. The number of carbonyl (C=O) groups is 1. The number of rotatable bonds is 5. The molecule has 5 nitrogen and oxygen atoms in total. The van der Waals surface area contributed by atoms with Gasteiger partial charge < -0.3 is 15.5 Å². The van der Waals surface area contributed by atoms with E-state index in [1.54, 1.807) is 19.2 Å². The summed E-state index contributed by atoms with van der Waals surface area (Å²) in [5.41, 5.74) is 0.569. The molecule has 1 aliphatic heterocycles. The van der Waals surface area contributed by atoms with Gasteiger partial charge in [0.1, 0.15) is 5.82 Å². The van der Waals surface area contributed by atoms with E-state index in [9.17, 15) is 9.18 Å². The molecular formula is C18H27BrFIN4O. The predicted molar refractivity (Wildman–Crippen MR) is 117 cm³/mol. The molecule has 2 N–H and O–H groups in total. The summed E-state index contributed by atoms with van der Waals surface area (Å²) in [7, 11) is 1.68. The van der Waals surface area contributed by atoms with E-state index in [1.165, 1.54) is 6.07 Å². The fourth-order valence-corrected chi connectivity index (χ4v) is 3.37. The number of nitrogens with one attached hydrogen (secondary N) is 2. The molecule has 146 valence electrons. The minimum Gasteiger partial charge on any atom is -0.359 e. The molecule has 1 heterocycles. The number of amides is 1. The quantitative estimate of drug-likeness (QED) is 0.341. The minimum absolute atomic E-state index is 0. The lowest BCUT2D eigenvalue weighted by Gasteiger charge is -2.34. The maximum absolute atomic E-state index is 13.9. The number of hydrogen-bond donors (Lipinski definition) is 2. The summed E-state index contributed by atoms with van der Waals surface area (Å²) in [6, 6.07) is 4.90. The molecule has 0 spiro atoms. The van der Waals surface area contributed by atoms with Crippen LogP contribution in [0.5, 0.6) is 0 Å². The van der Waals surface area contributed by atoms with Gasteiger partial charge >= 0.3 is 0 Å². The van der Waals surface area contributed by atoms with Gasteiger partial charge in [-0.05, 0) is 43.9 Å². The predicted octanol–water partition coefficient (Wildman–Crippen LogP) is 3.52. The summed E-state index contributed by atoms with van der Waals surface area (Å²) < 4.78 is 14.7. The summed E-state index contributed by atoms with van der Waals surface area (Å²) in [4.78, 5) is 18.3. The lowest BCUT2D eigenvalue weighted by Crippen LogP contribution is -2.46. The number of hydrogen-bond acceptors (Lipinski definition) is 2. The smallest absolute Gasteiger partial charge is 0.220 e. The number of piperidine rings is 1. The van der Waals surface area contributed by atoms with Crippen LogP contribution in [0.25, 0.3) is 0 Å². The molecule has 1 saturated heterocycles. The van der Waals surface area contributed by atoms with Crippen molar-refractivity contribution >= 4 is 51.8 Å². The Hall–Kier alpha value is -0.900. The molecule has 0 radical (unpaired) electrons. The van der Waals surface area contributed by atoms with Crippen LogP contribution >= 0.6 is 39.9 Å². The van der Waals surface area contributed by atoms with Crippen molar-refractivity contribution < 1.29 is 9.18 Å². The molecule has 1 aromatic rings. The highest BCUT2D eigenvalue weighted by molar-refractivity contribution is 14.0. The number of carbonyl (C=O) groups excluding carboxylic acids is 1. The van der Waals surface area contributed by atoms with Gasteiger partial charge in [0.25, 0.3) is 0 Å². The molecule has 0 unspecified atom stereocenters. The molecule has 8 heteroatoms. The second-order valence-corrected chi connectivity index (χ2v) is 7.13. The van der Waals surface area contributed by atoms with Crippen LogP contribution < -0.4 is 10.6 Å².